The predicted octanol–water partition coefficient (Wildman–Crippen LogP) is 1.64. The standard InChI is InChI=1S/C19H34O6/c1-4-18(10-23-11-18)8-21-6-14(3)17-16(20)15(25-17)7-22-9-19(5-2)12-24-13-19/h14-17,20H,4-13H2,1-3H3. The van der Waals surface area contributed by atoms with Gasteiger partial charge in [-0.25, -0.2) is 0 Å². The highest BCUT2D eigenvalue weighted by Crippen LogP contribution is 2.34. The lowest BCUT2D eigenvalue weighted by Crippen LogP contribution is -2.59. The number of ether oxygens (including phenoxy) is 5. The van der Waals surface area contributed by atoms with E-state index in [0.717, 1.165) is 45.9 Å². The first-order valence-electron chi connectivity index (χ1n) is 9.68. The molecule has 3 heterocycles. The maximum atomic E-state index is 10.4. The molecule has 0 aromatic heterocycles. The molecule has 0 saturated carbocycles. The van der Waals surface area contributed by atoms with Crippen LogP contribution in [-0.2, 0) is 23.7 Å². The fourth-order valence-electron chi connectivity index (χ4n) is 3.60. The van der Waals surface area contributed by atoms with Crippen LogP contribution >= 0.6 is 0 Å². The monoisotopic (exact) mass is 358 g/mol. The van der Waals surface area contributed by atoms with Crippen molar-refractivity contribution in [1.29, 1.82) is 0 Å². The average Bonchev–Trinajstić information content (AvgIpc) is 2.54. The molecule has 3 saturated heterocycles. The molecule has 0 amide bonds. The molecule has 6 nitrogen and oxygen atoms in total. The molecule has 0 aromatic rings. The van der Waals surface area contributed by atoms with Gasteiger partial charge in [0.1, 0.15) is 12.2 Å². The molecule has 0 aliphatic carbocycles. The fourth-order valence-corrected chi connectivity index (χ4v) is 3.60. The zero-order chi connectivity index (χ0) is 17.9. The zero-order valence-electron chi connectivity index (χ0n) is 15.9. The molecule has 4 atom stereocenters. The van der Waals surface area contributed by atoms with Gasteiger partial charge in [-0.1, -0.05) is 20.8 Å². The summed E-state index contributed by atoms with van der Waals surface area (Å²) in [6.45, 7) is 12.0. The van der Waals surface area contributed by atoms with Crippen LogP contribution in [0.5, 0.6) is 0 Å². The molecular weight excluding hydrogens is 324 g/mol. The second-order valence-electron chi connectivity index (χ2n) is 8.33. The number of aliphatic hydroxyl groups excluding tert-OH is 1. The topological polar surface area (TPSA) is 66.4 Å². The smallest absolute Gasteiger partial charge is 0.110 e. The van der Waals surface area contributed by atoms with Crippen LogP contribution in [0.25, 0.3) is 0 Å². The van der Waals surface area contributed by atoms with Crippen LogP contribution < -0.4 is 0 Å². The highest BCUT2D eigenvalue weighted by molar-refractivity contribution is 4.92. The normalized spacial score (nSPS) is 33.8. The Bertz CT molecular complexity index is 409. The molecule has 1 N–H and O–H groups in total. The van der Waals surface area contributed by atoms with E-state index in [2.05, 4.69) is 20.8 Å². The Labute approximate surface area is 151 Å². The van der Waals surface area contributed by atoms with Crippen molar-refractivity contribution in [2.24, 2.45) is 16.7 Å². The van der Waals surface area contributed by atoms with Crippen molar-refractivity contribution >= 4 is 0 Å². The maximum absolute atomic E-state index is 10.4. The van der Waals surface area contributed by atoms with Crippen LogP contribution in [0.2, 0.25) is 0 Å². The first kappa shape index (κ1) is 19.5. The molecule has 0 aromatic carbocycles. The summed E-state index contributed by atoms with van der Waals surface area (Å²) in [4.78, 5) is 0. The Balaban J connectivity index is 1.29. The van der Waals surface area contributed by atoms with E-state index < -0.39 is 6.10 Å². The van der Waals surface area contributed by atoms with E-state index in [-0.39, 0.29) is 29.0 Å². The van der Waals surface area contributed by atoms with E-state index in [1.54, 1.807) is 0 Å². The summed E-state index contributed by atoms with van der Waals surface area (Å²) in [5, 5.41) is 10.4. The van der Waals surface area contributed by atoms with Crippen LogP contribution in [0.3, 0.4) is 0 Å². The summed E-state index contributed by atoms with van der Waals surface area (Å²) in [5.41, 5.74) is 0.380. The minimum absolute atomic E-state index is 0.156. The Morgan fingerprint density at radius 2 is 1.56 bits per heavy atom. The van der Waals surface area contributed by atoms with Crippen molar-refractivity contribution in [3.8, 4) is 0 Å². The van der Waals surface area contributed by atoms with Gasteiger partial charge >= 0.3 is 0 Å². The molecule has 3 fully saturated rings. The van der Waals surface area contributed by atoms with Gasteiger partial charge in [0.2, 0.25) is 0 Å². The molecular formula is C19H34O6. The van der Waals surface area contributed by atoms with Gasteiger partial charge in [-0.05, 0) is 12.8 Å². The van der Waals surface area contributed by atoms with Gasteiger partial charge in [0.25, 0.3) is 0 Å². The van der Waals surface area contributed by atoms with E-state index in [0.29, 0.717) is 19.8 Å². The Morgan fingerprint density at radius 1 is 1.00 bits per heavy atom. The van der Waals surface area contributed by atoms with Crippen molar-refractivity contribution in [3.05, 3.63) is 0 Å². The quantitative estimate of drug-likeness (QED) is 0.606. The summed E-state index contributed by atoms with van der Waals surface area (Å²) < 4.78 is 28.1. The summed E-state index contributed by atoms with van der Waals surface area (Å²) in [6.07, 6.45) is 1.29. The van der Waals surface area contributed by atoms with E-state index in [1.807, 2.05) is 0 Å². The second-order valence-corrected chi connectivity index (χ2v) is 8.33. The SMILES string of the molecule is CCC1(COCC(C)C2OC(COCC3(CC)COC3)C2O)COC1. The molecule has 3 aliphatic rings. The highest BCUT2D eigenvalue weighted by atomic mass is 16.6. The molecule has 0 radical (unpaired) electrons. The van der Waals surface area contributed by atoms with Gasteiger partial charge in [-0.2, -0.15) is 0 Å². The van der Waals surface area contributed by atoms with Crippen molar-refractivity contribution in [1.82, 2.24) is 0 Å². The van der Waals surface area contributed by atoms with Gasteiger partial charge in [0.15, 0.2) is 0 Å². The Morgan fingerprint density at radius 3 is 2.00 bits per heavy atom. The van der Waals surface area contributed by atoms with Crippen LogP contribution in [0.15, 0.2) is 0 Å². The maximum Gasteiger partial charge on any atom is 0.110 e. The molecule has 146 valence electrons. The highest BCUT2D eigenvalue weighted by Gasteiger charge is 2.45. The first-order valence-corrected chi connectivity index (χ1v) is 9.68. The molecule has 0 bridgehead atoms. The van der Waals surface area contributed by atoms with E-state index in [9.17, 15) is 5.11 Å². The molecule has 3 aliphatic heterocycles. The zero-order valence-corrected chi connectivity index (χ0v) is 15.9. The average molecular weight is 358 g/mol. The lowest BCUT2D eigenvalue weighted by molar-refractivity contribution is -0.263. The van der Waals surface area contributed by atoms with Gasteiger partial charge < -0.3 is 28.8 Å². The van der Waals surface area contributed by atoms with Crippen LogP contribution in [0, 0.1) is 16.7 Å². The van der Waals surface area contributed by atoms with E-state index >= 15 is 0 Å². The van der Waals surface area contributed by atoms with Crippen molar-refractivity contribution in [2.75, 3.05) is 52.9 Å². The minimum atomic E-state index is -0.471. The molecule has 0 spiro atoms. The van der Waals surface area contributed by atoms with E-state index in [1.165, 1.54) is 0 Å². The fraction of sp³-hybridized carbons (Fsp3) is 1.00. The summed E-state index contributed by atoms with van der Waals surface area (Å²) in [7, 11) is 0. The molecule has 6 heteroatoms. The summed E-state index contributed by atoms with van der Waals surface area (Å²) in [5.74, 6) is 0.170. The first-order chi connectivity index (χ1) is 12.0. The van der Waals surface area contributed by atoms with Gasteiger partial charge in [0.05, 0.1) is 59.0 Å². The third-order valence-electron chi connectivity index (χ3n) is 6.22. The molecule has 25 heavy (non-hydrogen) atoms. The number of aliphatic hydroxyl groups is 1. The molecule has 3 rings (SSSR count). The van der Waals surface area contributed by atoms with Crippen molar-refractivity contribution < 1.29 is 28.8 Å². The van der Waals surface area contributed by atoms with Crippen molar-refractivity contribution in [2.45, 2.75) is 51.9 Å². The summed E-state index contributed by atoms with van der Waals surface area (Å²) >= 11 is 0. The van der Waals surface area contributed by atoms with Crippen LogP contribution in [-0.4, -0.2) is 76.3 Å². The lowest BCUT2D eigenvalue weighted by Gasteiger charge is -2.46. The number of hydrogen-bond donors (Lipinski definition) is 1. The van der Waals surface area contributed by atoms with Crippen LogP contribution in [0.1, 0.15) is 33.6 Å². The molecule has 4 unspecified atom stereocenters. The predicted molar refractivity (Wildman–Crippen MR) is 92.6 cm³/mol. The third kappa shape index (κ3) is 4.20. The largest absolute Gasteiger partial charge is 0.388 e. The van der Waals surface area contributed by atoms with Gasteiger partial charge in [0, 0.05) is 16.7 Å². The Hall–Kier alpha value is -0.240. The van der Waals surface area contributed by atoms with Crippen LogP contribution in [0.4, 0.5) is 0 Å². The lowest BCUT2D eigenvalue weighted by atomic mass is 9.84. The minimum Gasteiger partial charge on any atom is -0.388 e. The van der Waals surface area contributed by atoms with Gasteiger partial charge in [-0.3, -0.25) is 0 Å². The summed E-state index contributed by atoms with van der Waals surface area (Å²) in [6, 6.07) is 0. The van der Waals surface area contributed by atoms with Gasteiger partial charge in [-0.15, -0.1) is 0 Å². The van der Waals surface area contributed by atoms with E-state index in [4.69, 9.17) is 23.7 Å². The number of rotatable bonds is 11. The number of hydrogen-bond acceptors (Lipinski definition) is 6. The Kier molecular flexibility index (Phi) is 6.40. The second kappa shape index (κ2) is 8.19. The van der Waals surface area contributed by atoms with Crippen molar-refractivity contribution in [3.63, 3.8) is 0 Å². The third-order valence-corrected chi connectivity index (χ3v) is 6.22.